The first-order valence-corrected chi connectivity index (χ1v) is 11.0. The Morgan fingerprint density at radius 1 is 1.03 bits per heavy atom. The number of rotatable bonds is 3. The molecule has 5 nitrogen and oxygen atoms in total. The SMILES string of the molecule is O=C(N1CCN(c2nc3cccnc3s2)CC1)C1(c2ccc(F)cc2)CCCC1. The van der Waals surface area contributed by atoms with E-state index in [0.29, 0.717) is 13.1 Å². The topological polar surface area (TPSA) is 49.3 Å². The van der Waals surface area contributed by atoms with E-state index in [4.69, 9.17) is 4.98 Å². The van der Waals surface area contributed by atoms with Gasteiger partial charge in [0.15, 0.2) is 5.13 Å². The zero-order valence-corrected chi connectivity index (χ0v) is 17.0. The predicted octanol–water partition coefficient (Wildman–Crippen LogP) is 3.99. The van der Waals surface area contributed by atoms with E-state index in [0.717, 1.165) is 59.8 Å². The molecular weight excluding hydrogens is 387 g/mol. The lowest BCUT2D eigenvalue weighted by molar-refractivity contribution is -0.137. The number of hydrogen-bond donors (Lipinski definition) is 0. The quantitative estimate of drug-likeness (QED) is 0.655. The molecule has 1 aliphatic heterocycles. The van der Waals surface area contributed by atoms with Gasteiger partial charge in [0.25, 0.3) is 0 Å². The summed E-state index contributed by atoms with van der Waals surface area (Å²) in [6.45, 7) is 2.91. The first-order chi connectivity index (χ1) is 14.2. The highest BCUT2D eigenvalue weighted by molar-refractivity contribution is 7.21. The normalized spacial score (nSPS) is 19.1. The molecule has 1 amide bonds. The van der Waals surface area contributed by atoms with Gasteiger partial charge in [-0.3, -0.25) is 4.79 Å². The molecule has 2 aromatic heterocycles. The average molecular weight is 411 g/mol. The number of aromatic nitrogens is 2. The van der Waals surface area contributed by atoms with Crippen molar-refractivity contribution in [3.8, 4) is 0 Å². The number of thiazole rings is 1. The fourth-order valence-electron chi connectivity index (χ4n) is 4.67. The zero-order chi connectivity index (χ0) is 19.8. The molecule has 1 saturated heterocycles. The maximum absolute atomic E-state index is 13.6. The summed E-state index contributed by atoms with van der Waals surface area (Å²) in [5.41, 5.74) is 1.39. The number of benzene rings is 1. The predicted molar refractivity (Wildman–Crippen MR) is 113 cm³/mol. The van der Waals surface area contributed by atoms with Crippen LogP contribution < -0.4 is 4.90 Å². The van der Waals surface area contributed by atoms with Crippen molar-refractivity contribution < 1.29 is 9.18 Å². The van der Waals surface area contributed by atoms with E-state index < -0.39 is 5.41 Å². The molecule has 0 N–H and O–H groups in total. The summed E-state index contributed by atoms with van der Waals surface area (Å²) >= 11 is 1.60. The van der Waals surface area contributed by atoms with Crippen LogP contribution in [-0.4, -0.2) is 47.0 Å². The zero-order valence-electron chi connectivity index (χ0n) is 16.2. The Labute approximate surface area is 173 Å². The van der Waals surface area contributed by atoms with Gasteiger partial charge in [-0.15, -0.1) is 0 Å². The lowest BCUT2D eigenvalue weighted by Crippen LogP contribution is -2.54. The van der Waals surface area contributed by atoms with Crippen molar-refractivity contribution in [1.82, 2.24) is 14.9 Å². The van der Waals surface area contributed by atoms with Crippen LogP contribution in [0.4, 0.5) is 9.52 Å². The number of amides is 1. The number of pyridine rings is 1. The van der Waals surface area contributed by atoms with E-state index in [1.54, 1.807) is 29.7 Å². The Morgan fingerprint density at radius 3 is 2.45 bits per heavy atom. The summed E-state index contributed by atoms with van der Waals surface area (Å²) in [4.78, 5) is 27.8. The molecule has 0 atom stereocenters. The van der Waals surface area contributed by atoms with Crippen LogP contribution in [0.5, 0.6) is 0 Å². The Kier molecular flexibility index (Phi) is 4.70. The smallest absolute Gasteiger partial charge is 0.233 e. The third kappa shape index (κ3) is 3.27. The molecule has 7 heteroatoms. The van der Waals surface area contributed by atoms with Crippen molar-refractivity contribution >= 4 is 32.7 Å². The van der Waals surface area contributed by atoms with Crippen LogP contribution in [0.1, 0.15) is 31.2 Å². The number of piperazine rings is 1. The first-order valence-electron chi connectivity index (χ1n) is 10.2. The summed E-state index contributed by atoms with van der Waals surface area (Å²) in [6.07, 6.45) is 5.57. The van der Waals surface area contributed by atoms with Gasteiger partial charge in [-0.2, -0.15) is 0 Å². The third-order valence-electron chi connectivity index (χ3n) is 6.26. The van der Waals surface area contributed by atoms with Crippen LogP contribution in [0.2, 0.25) is 0 Å². The summed E-state index contributed by atoms with van der Waals surface area (Å²) in [7, 11) is 0. The van der Waals surface area contributed by atoms with Crippen molar-refractivity contribution in [3.63, 3.8) is 0 Å². The Morgan fingerprint density at radius 2 is 1.76 bits per heavy atom. The Bertz CT molecular complexity index is 988. The van der Waals surface area contributed by atoms with Gasteiger partial charge in [-0.25, -0.2) is 14.4 Å². The summed E-state index contributed by atoms with van der Waals surface area (Å²) in [6, 6.07) is 10.4. The van der Waals surface area contributed by atoms with Gasteiger partial charge in [-0.05, 0) is 42.7 Å². The number of halogens is 1. The Hall–Kier alpha value is -2.54. The molecule has 0 radical (unpaired) electrons. The maximum atomic E-state index is 13.6. The number of carbonyl (C=O) groups excluding carboxylic acids is 1. The number of anilines is 1. The van der Waals surface area contributed by atoms with Gasteiger partial charge >= 0.3 is 0 Å². The second kappa shape index (κ2) is 7.37. The maximum Gasteiger partial charge on any atom is 0.233 e. The van der Waals surface area contributed by atoms with Crippen molar-refractivity contribution in [2.45, 2.75) is 31.1 Å². The van der Waals surface area contributed by atoms with Gasteiger partial charge in [-0.1, -0.05) is 36.3 Å². The average Bonchev–Trinajstić information content (AvgIpc) is 3.42. The van der Waals surface area contributed by atoms with Crippen molar-refractivity contribution in [2.24, 2.45) is 0 Å². The van der Waals surface area contributed by atoms with Gasteiger partial charge in [0.2, 0.25) is 5.91 Å². The fourth-order valence-corrected chi connectivity index (χ4v) is 5.63. The molecule has 1 aromatic carbocycles. The van der Waals surface area contributed by atoms with Crippen LogP contribution >= 0.6 is 11.3 Å². The van der Waals surface area contributed by atoms with E-state index in [1.165, 1.54) is 12.1 Å². The van der Waals surface area contributed by atoms with E-state index in [2.05, 4.69) is 9.88 Å². The summed E-state index contributed by atoms with van der Waals surface area (Å²) in [5.74, 6) is -0.0551. The highest BCUT2D eigenvalue weighted by Gasteiger charge is 2.45. The van der Waals surface area contributed by atoms with Crippen molar-refractivity contribution in [1.29, 1.82) is 0 Å². The molecule has 3 aromatic rings. The molecule has 5 rings (SSSR count). The van der Waals surface area contributed by atoms with Gasteiger partial charge in [0.1, 0.15) is 16.2 Å². The molecule has 0 unspecified atom stereocenters. The van der Waals surface area contributed by atoms with Gasteiger partial charge in [0.05, 0.1) is 5.41 Å². The second-order valence-electron chi connectivity index (χ2n) is 7.90. The van der Waals surface area contributed by atoms with E-state index in [-0.39, 0.29) is 11.7 Å². The molecule has 0 spiro atoms. The largest absolute Gasteiger partial charge is 0.344 e. The van der Waals surface area contributed by atoms with Crippen LogP contribution in [0.3, 0.4) is 0 Å². The molecule has 1 saturated carbocycles. The molecule has 0 bridgehead atoms. The molecule has 150 valence electrons. The van der Waals surface area contributed by atoms with E-state index >= 15 is 0 Å². The lowest BCUT2D eigenvalue weighted by Gasteiger charge is -2.40. The minimum Gasteiger partial charge on any atom is -0.344 e. The van der Waals surface area contributed by atoms with Gasteiger partial charge < -0.3 is 9.80 Å². The van der Waals surface area contributed by atoms with E-state index in [1.807, 2.05) is 17.0 Å². The molecule has 1 aliphatic carbocycles. The van der Waals surface area contributed by atoms with Gasteiger partial charge in [0, 0.05) is 32.4 Å². The van der Waals surface area contributed by atoms with Crippen LogP contribution in [0.15, 0.2) is 42.6 Å². The molecular formula is C22H23FN4OS. The first kappa shape index (κ1) is 18.5. The van der Waals surface area contributed by atoms with Crippen molar-refractivity contribution in [2.75, 3.05) is 31.1 Å². The van der Waals surface area contributed by atoms with Crippen LogP contribution in [0.25, 0.3) is 10.3 Å². The minimum atomic E-state index is -0.490. The van der Waals surface area contributed by atoms with Crippen molar-refractivity contribution in [3.05, 3.63) is 54.0 Å². The summed E-state index contributed by atoms with van der Waals surface area (Å²) < 4.78 is 13.4. The fraction of sp³-hybridized carbons (Fsp3) is 0.409. The lowest BCUT2D eigenvalue weighted by atomic mass is 9.77. The standard InChI is InChI=1S/C22H23FN4OS/c23-17-7-5-16(6-8-17)22(9-1-2-10-22)20(28)26-12-14-27(15-13-26)21-25-18-4-3-11-24-19(18)29-21/h3-8,11H,1-2,9-10,12-15H2. The molecule has 3 heterocycles. The highest BCUT2D eigenvalue weighted by atomic mass is 32.1. The van der Waals surface area contributed by atoms with Crippen LogP contribution in [-0.2, 0) is 10.2 Å². The number of fused-ring (bicyclic) bond motifs is 1. The Balaban J connectivity index is 1.32. The second-order valence-corrected chi connectivity index (χ2v) is 8.86. The molecule has 2 fully saturated rings. The highest BCUT2D eigenvalue weighted by Crippen LogP contribution is 2.43. The molecule has 2 aliphatic rings. The summed E-state index contributed by atoms with van der Waals surface area (Å²) in [5, 5.41) is 0.972. The van der Waals surface area contributed by atoms with E-state index in [9.17, 15) is 9.18 Å². The monoisotopic (exact) mass is 410 g/mol. The number of carbonyl (C=O) groups is 1. The third-order valence-corrected chi connectivity index (χ3v) is 7.30. The number of hydrogen-bond acceptors (Lipinski definition) is 5. The minimum absolute atomic E-state index is 0.201. The van der Waals surface area contributed by atoms with Crippen LogP contribution in [0, 0.1) is 5.82 Å². The molecule has 29 heavy (non-hydrogen) atoms. The number of nitrogens with zero attached hydrogens (tertiary/aromatic N) is 4.